The van der Waals surface area contributed by atoms with Gasteiger partial charge in [-0.05, 0) is 42.8 Å². The van der Waals surface area contributed by atoms with Crippen LogP contribution in [0.1, 0.15) is 5.56 Å². The van der Waals surface area contributed by atoms with Crippen molar-refractivity contribution in [2.24, 2.45) is 0 Å². The van der Waals surface area contributed by atoms with Crippen molar-refractivity contribution in [3.05, 3.63) is 63.0 Å². The summed E-state index contributed by atoms with van der Waals surface area (Å²) in [5, 5.41) is 0. The first-order valence-corrected chi connectivity index (χ1v) is 6.42. The predicted octanol–water partition coefficient (Wildman–Crippen LogP) is 3.39. The molecule has 1 N–H and O–H groups in total. The Morgan fingerprint density at radius 3 is 2.56 bits per heavy atom. The molecule has 0 amide bonds. The number of imidazole rings is 1. The highest BCUT2D eigenvalue weighted by molar-refractivity contribution is 9.10. The molecule has 2 aromatic carbocycles. The Morgan fingerprint density at radius 2 is 1.83 bits per heavy atom. The minimum absolute atomic E-state index is 0.110. The zero-order valence-corrected chi connectivity index (χ0v) is 11.4. The van der Waals surface area contributed by atoms with Gasteiger partial charge in [-0.3, -0.25) is 4.57 Å². The summed E-state index contributed by atoms with van der Waals surface area (Å²) in [5.41, 5.74) is 3.62. The molecule has 0 atom stereocenters. The molecule has 4 heteroatoms. The number of fused-ring (bicyclic) bond motifs is 1. The summed E-state index contributed by atoms with van der Waals surface area (Å²) < 4.78 is 2.68. The van der Waals surface area contributed by atoms with Gasteiger partial charge in [-0.2, -0.15) is 0 Å². The normalized spacial score (nSPS) is 11.0. The van der Waals surface area contributed by atoms with Crippen LogP contribution in [-0.2, 0) is 0 Å². The number of benzene rings is 2. The van der Waals surface area contributed by atoms with Gasteiger partial charge in [0.1, 0.15) is 0 Å². The van der Waals surface area contributed by atoms with E-state index in [1.165, 1.54) is 0 Å². The molecule has 18 heavy (non-hydrogen) atoms. The molecule has 0 bridgehead atoms. The van der Waals surface area contributed by atoms with Gasteiger partial charge in [-0.25, -0.2) is 4.79 Å². The highest BCUT2D eigenvalue weighted by atomic mass is 79.9. The quantitative estimate of drug-likeness (QED) is 0.735. The second-order valence-electron chi connectivity index (χ2n) is 4.21. The van der Waals surface area contributed by atoms with E-state index < -0.39 is 0 Å². The van der Waals surface area contributed by atoms with E-state index in [9.17, 15) is 4.79 Å². The smallest absolute Gasteiger partial charge is 0.305 e. The lowest BCUT2D eigenvalue weighted by Gasteiger charge is -2.03. The zero-order chi connectivity index (χ0) is 12.7. The molecule has 0 fully saturated rings. The summed E-state index contributed by atoms with van der Waals surface area (Å²) in [6.07, 6.45) is 0. The number of H-pyrrole nitrogens is 1. The Balaban J connectivity index is 2.35. The van der Waals surface area contributed by atoms with Gasteiger partial charge in [0.15, 0.2) is 0 Å². The summed E-state index contributed by atoms with van der Waals surface area (Å²) >= 11 is 3.39. The largest absolute Gasteiger partial charge is 0.331 e. The van der Waals surface area contributed by atoms with Crippen molar-refractivity contribution in [3.63, 3.8) is 0 Å². The molecule has 0 aliphatic carbocycles. The van der Waals surface area contributed by atoms with Crippen LogP contribution in [-0.4, -0.2) is 9.55 Å². The summed E-state index contributed by atoms with van der Waals surface area (Å²) in [4.78, 5) is 15.0. The van der Waals surface area contributed by atoms with Crippen molar-refractivity contribution in [3.8, 4) is 5.69 Å². The second kappa shape index (κ2) is 4.14. The third kappa shape index (κ3) is 1.69. The number of aryl methyl sites for hydroxylation is 1. The van der Waals surface area contributed by atoms with E-state index in [4.69, 9.17) is 0 Å². The van der Waals surface area contributed by atoms with Crippen LogP contribution in [0.5, 0.6) is 0 Å². The summed E-state index contributed by atoms with van der Waals surface area (Å²) in [6, 6.07) is 13.6. The van der Waals surface area contributed by atoms with E-state index >= 15 is 0 Å². The van der Waals surface area contributed by atoms with Crippen LogP contribution in [0.2, 0.25) is 0 Å². The van der Waals surface area contributed by atoms with Gasteiger partial charge in [0.2, 0.25) is 0 Å². The molecule has 0 unspecified atom stereocenters. The van der Waals surface area contributed by atoms with Crippen LogP contribution in [0.3, 0.4) is 0 Å². The highest BCUT2D eigenvalue weighted by Crippen LogP contribution is 2.19. The third-order valence-electron chi connectivity index (χ3n) is 3.01. The van der Waals surface area contributed by atoms with Crippen LogP contribution in [0, 0.1) is 6.92 Å². The summed E-state index contributed by atoms with van der Waals surface area (Å²) in [6.45, 7) is 1.99. The lowest BCUT2D eigenvalue weighted by molar-refractivity contribution is 1.02. The fourth-order valence-electron chi connectivity index (χ4n) is 2.12. The molecule has 3 nitrogen and oxygen atoms in total. The fourth-order valence-corrected chi connectivity index (χ4v) is 2.38. The van der Waals surface area contributed by atoms with Crippen molar-refractivity contribution in [2.75, 3.05) is 0 Å². The predicted molar refractivity (Wildman–Crippen MR) is 76.3 cm³/mol. The van der Waals surface area contributed by atoms with Crippen molar-refractivity contribution >= 4 is 27.0 Å². The maximum Gasteiger partial charge on any atom is 0.331 e. The number of aromatic nitrogens is 2. The molecule has 3 rings (SSSR count). The standard InChI is InChI=1S/C14H11BrN2O/c1-9-3-2-4-12-13(9)16-14(18)17(12)11-7-5-10(15)6-8-11/h2-8H,1H3,(H,16,18). The van der Waals surface area contributed by atoms with Crippen LogP contribution < -0.4 is 5.69 Å². The number of nitrogens with zero attached hydrogens (tertiary/aromatic N) is 1. The monoisotopic (exact) mass is 302 g/mol. The second-order valence-corrected chi connectivity index (χ2v) is 5.13. The summed E-state index contributed by atoms with van der Waals surface area (Å²) in [5.74, 6) is 0. The molecule has 0 aliphatic rings. The van der Waals surface area contributed by atoms with Gasteiger partial charge in [0.05, 0.1) is 16.7 Å². The first kappa shape index (κ1) is 11.3. The van der Waals surface area contributed by atoms with E-state index in [0.717, 1.165) is 26.8 Å². The van der Waals surface area contributed by atoms with E-state index in [2.05, 4.69) is 20.9 Å². The third-order valence-corrected chi connectivity index (χ3v) is 3.54. The molecule has 0 saturated heterocycles. The van der Waals surface area contributed by atoms with Gasteiger partial charge in [0.25, 0.3) is 0 Å². The number of rotatable bonds is 1. The Hall–Kier alpha value is -1.81. The maximum atomic E-state index is 12.1. The van der Waals surface area contributed by atoms with Crippen LogP contribution >= 0.6 is 15.9 Å². The Morgan fingerprint density at radius 1 is 1.11 bits per heavy atom. The number of aromatic amines is 1. The van der Waals surface area contributed by atoms with E-state index in [1.54, 1.807) is 4.57 Å². The highest BCUT2D eigenvalue weighted by Gasteiger charge is 2.09. The molecule has 0 saturated carbocycles. The molecule has 0 radical (unpaired) electrons. The molecule has 3 aromatic rings. The van der Waals surface area contributed by atoms with E-state index in [0.29, 0.717) is 0 Å². The van der Waals surface area contributed by atoms with E-state index in [-0.39, 0.29) is 5.69 Å². The van der Waals surface area contributed by atoms with Crippen molar-refractivity contribution in [1.82, 2.24) is 9.55 Å². The molecule has 1 heterocycles. The molecular weight excluding hydrogens is 292 g/mol. The van der Waals surface area contributed by atoms with Crippen LogP contribution in [0.15, 0.2) is 51.7 Å². The fraction of sp³-hybridized carbons (Fsp3) is 0.0714. The number of nitrogens with one attached hydrogen (secondary N) is 1. The van der Waals surface area contributed by atoms with Crippen molar-refractivity contribution in [2.45, 2.75) is 6.92 Å². The van der Waals surface area contributed by atoms with Gasteiger partial charge in [0, 0.05) is 4.47 Å². The minimum Gasteiger partial charge on any atom is -0.305 e. The number of hydrogen-bond donors (Lipinski definition) is 1. The molecule has 0 aliphatic heterocycles. The van der Waals surface area contributed by atoms with Crippen LogP contribution in [0.4, 0.5) is 0 Å². The molecule has 1 aromatic heterocycles. The first-order valence-electron chi connectivity index (χ1n) is 5.63. The number of hydrogen-bond acceptors (Lipinski definition) is 1. The lowest BCUT2D eigenvalue weighted by atomic mass is 10.2. The maximum absolute atomic E-state index is 12.1. The van der Waals surface area contributed by atoms with Crippen molar-refractivity contribution < 1.29 is 0 Å². The lowest BCUT2D eigenvalue weighted by Crippen LogP contribution is -2.14. The Kier molecular flexibility index (Phi) is 2.59. The average Bonchev–Trinajstić information content (AvgIpc) is 2.69. The Labute approximate surface area is 112 Å². The number of para-hydroxylation sites is 1. The minimum atomic E-state index is -0.110. The molecule has 0 spiro atoms. The van der Waals surface area contributed by atoms with E-state index in [1.807, 2.05) is 49.4 Å². The summed E-state index contributed by atoms with van der Waals surface area (Å²) in [7, 11) is 0. The topological polar surface area (TPSA) is 37.8 Å². The first-order chi connectivity index (χ1) is 8.66. The van der Waals surface area contributed by atoms with Crippen LogP contribution in [0.25, 0.3) is 16.7 Å². The zero-order valence-electron chi connectivity index (χ0n) is 9.77. The van der Waals surface area contributed by atoms with Gasteiger partial charge in [-0.15, -0.1) is 0 Å². The Bertz CT molecular complexity index is 769. The molecular formula is C14H11BrN2O. The van der Waals surface area contributed by atoms with Gasteiger partial charge < -0.3 is 4.98 Å². The average molecular weight is 303 g/mol. The van der Waals surface area contributed by atoms with Gasteiger partial charge in [-0.1, -0.05) is 28.1 Å². The number of halogens is 1. The SMILES string of the molecule is Cc1cccc2c1[nH]c(=O)n2-c1ccc(Br)cc1. The molecule has 90 valence electrons. The van der Waals surface area contributed by atoms with Crippen molar-refractivity contribution in [1.29, 1.82) is 0 Å². The van der Waals surface area contributed by atoms with Gasteiger partial charge >= 0.3 is 5.69 Å².